The Morgan fingerprint density at radius 2 is 2.18 bits per heavy atom. The highest BCUT2D eigenvalue weighted by Gasteiger charge is 2.28. The standard InChI is InChI=1S/C6H11NO3S/c7-6(8)3-5-1-2-11(9,10)4-5/h5H,1-4H2,(H2,7,8). The van der Waals surface area contributed by atoms with Crippen molar-refractivity contribution >= 4 is 15.7 Å². The summed E-state index contributed by atoms with van der Waals surface area (Å²) < 4.78 is 21.7. The van der Waals surface area contributed by atoms with E-state index in [4.69, 9.17) is 5.73 Å². The van der Waals surface area contributed by atoms with Gasteiger partial charge in [-0.1, -0.05) is 0 Å². The van der Waals surface area contributed by atoms with Crippen LogP contribution >= 0.6 is 0 Å². The number of nitrogens with two attached hydrogens (primary N) is 1. The average molecular weight is 177 g/mol. The summed E-state index contributed by atoms with van der Waals surface area (Å²) in [6.07, 6.45) is 0.796. The first-order valence-corrected chi connectivity index (χ1v) is 5.30. The fourth-order valence-electron chi connectivity index (χ4n) is 1.32. The van der Waals surface area contributed by atoms with Gasteiger partial charge in [0.05, 0.1) is 11.5 Å². The second-order valence-corrected chi connectivity index (χ2v) is 5.17. The molecule has 1 saturated heterocycles. The molecule has 0 aliphatic carbocycles. The second kappa shape index (κ2) is 2.81. The van der Waals surface area contributed by atoms with Gasteiger partial charge in [0.15, 0.2) is 9.84 Å². The van der Waals surface area contributed by atoms with Crippen molar-refractivity contribution in [3.05, 3.63) is 0 Å². The molecule has 1 rings (SSSR count). The van der Waals surface area contributed by atoms with Crippen molar-refractivity contribution in [2.45, 2.75) is 12.8 Å². The number of amides is 1. The van der Waals surface area contributed by atoms with Gasteiger partial charge in [0, 0.05) is 6.42 Å². The molecule has 1 unspecified atom stereocenters. The minimum atomic E-state index is -2.85. The summed E-state index contributed by atoms with van der Waals surface area (Å²) in [6.45, 7) is 0. The third-order valence-electron chi connectivity index (χ3n) is 1.82. The zero-order valence-corrected chi connectivity index (χ0v) is 6.93. The van der Waals surface area contributed by atoms with Crippen LogP contribution in [0.4, 0.5) is 0 Å². The van der Waals surface area contributed by atoms with E-state index in [9.17, 15) is 13.2 Å². The summed E-state index contributed by atoms with van der Waals surface area (Å²) in [6, 6.07) is 0. The van der Waals surface area contributed by atoms with Crippen LogP contribution in [0.15, 0.2) is 0 Å². The number of hydrogen-bond acceptors (Lipinski definition) is 3. The molecule has 2 N–H and O–H groups in total. The molecule has 0 radical (unpaired) electrons. The van der Waals surface area contributed by atoms with Gasteiger partial charge in [-0.3, -0.25) is 4.79 Å². The molecule has 11 heavy (non-hydrogen) atoms. The Kier molecular flexibility index (Phi) is 2.17. The van der Waals surface area contributed by atoms with E-state index >= 15 is 0 Å². The third-order valence-corrected chi connectivity index (χ3v) is 3.65. The van der Waals surface area contributed by atoms with Gasteiger partial charge in [0.1, 0.15) is 0 Å². The predicted molar refractivity (Wildman–Crippen MR) is 40.6 cm³/mol. The van der Waals surface area contributed by atoms with Gasteiger partial charge in [-0.2, -0.15) is 0 Å². The highest BCUT2D eigenvalue weighted by atomic mass is 32.2. The van der Waals surface area contributed by atoms with Gasteiger partial charge >= 0.3 is 0 Å². The second-order valence-electron chi connectivity index (χ2n) is 2.94. The Morgan fingerprint density at radius 1 is 1.55 bits per heavy atom. The molecule has 1 aliphatic rings. The molecule has 64 valence electrons. The van der Waals surface area contributed by atoms with Gasteiger partial charge in [-0.05, 0) is 12.3 Å². The van der Waals surface area contributed by atoms with Crippen LogP contribution < -0.4 is 5.73 Å². The molecule has 1 atom stereocenters. The SMILES string of the molecule is NC(=O)CC1CCS(=O)(=O)C1. The highest BCUT2D eigenvalue weighted by Crippen LogP contribution is 2.20. The van der Waals surface area contributed by atoms with Crippen molar-refractivity contribution < 1.29 is 13.2 Å². The summed E-state index contributed by atoms with van der Waals surface area (Å²) in [4.78, 5) is 10.4. The summed E-state index contributed by atoms with van der Waals surface area (Å²) in [5, 5.41) is 0. The molecule has 1 amide bonds. The van der Waals surface area contributed by atoms with Crippen molar-refractivity contribution in [3.8, 4) is 0 Å². The van der Waals surface area contributed by atoms with Crippen LogP contribution in [0, 0.1) is 5.92 Å². The molecule has 4 nitrogen and oxygen atoms in total. The smallest absolute Gasteiger partial charge is 0.217 e. The molecule has 0 aromatic heterocycles. The van der Waals surface area contributed by atoms with Crippen LogP contribution in [0.5, 0.6) is 0 Å². The van der Waals surface area contributed by atoms with Crippen LogP contribution in [-0.4, -0.2) is 25.8 Å². The van der Waals surface area contributed by atoms with Crippen LogP contribution in [0.2, 0.25) is 0 Å². The molecule has 0 aromatic carbocycles. The number of carbonyl (C=O) groups is 1. The maximum atomic E-state index is 10.9. The Balaban J connectivity index is 2.49. The van der Waals surface area contributed by atoms with Gasteiger partial charge in [0.2, 0.25) is 5.91 Å². The Labute approximate surface area is 65.7 Å². The molecule has 0 saturated carbocycles. The van der Waals surface area contributed by atoms with Crippen molar-refractivity contribution in [1.82, 2.24) is 0 Å². The lowest BCUT2D eigenvalue weighted by Crippen LogP contribution is -2.17. The lowest BCUT2D eigenvalue weighted by Gasteiger charge is -2.01. The lowest BCUT2D eigenvalue weighted by atomic mass is 10.1. The van der Waals surface area contributed by atoms with Crippen LogP contribution in [0.25, 0.3) is 0 Å². The van der Waals surface area contributed by atoms with Crippen molar-refractivity contribution in [2.75, 3.05) is 11.5 Å². The molecule has 0 bridgehead atoms. The highest BCUT2D eigenvalue weighted by molar-refractivity contribution is 7.91. The minimum absolute atomic E-state index is 0.0301. The third kappa shape index (κ3) is 2.49. The van der Waals surface area contributed by atoms with Crippen LogP contribution in [0.1, 0.15) is 12.8 Å². The maximum absolute atomic E-state index is 10.9. The number of rotatable bonds is 2. The van der Waals surface area contributed by atoms with E-state index in [1.54, 1.807) is 0 Å². The van der Waals surface area contributed by atoms with Crippen molar-refractivity contribution in [3.63, 3.8) is 0 Å². The van der Waals surface area contributed by atoms with E-state index in [2.05, 4.69) is 0 Å². The van der Waals surface area contributed by atoms with E-state index in [0.29, 0.717) is 6.42 Å². The first-order valence-electron chi connectivity index (χ1n) is 3.48. The van der Waals surface area contributed by atoms with Crippen LogP contribution in [0.3, 0.4) is 0 Å². The molecule has 1 aliphatic heterocycles. The Bertz CT molecular complexity index is 257. The van der Waals surface area contributed by atoms with Crippen LogP contribution in [-0.2, 0) is 14.6 Å². The normalized spacial score (nSPS) is 28.5. The van der Waals surface area contributed by atoms with E-state index in [1.165, 1.54) is 0 Å². The largest absolute Gasteiger partial charge is 0.370 e. The molecule has 5 heteroatoms. The molecule has 1 fully saturated rings. The summed E-state index contributed by atoms with van der Waals surface area (Å²) in [5.41, 5.74) is 4.93. The topological polar surface area (TPSA) is 77.2 Å². The first kappa shape index (κ1) is 8.52. The lowest BCUT2D eigenvalue weighted by molar-refractivity contribution is -0.118. The maximum Gasteiger partial charge on any atom is 0.217 e. The van der Waals surface area contributed by atoms with Crippen molar-refractivity contribution in [1.29, 1.82) is 0 Å². The van der Waals surface area contributed by atoms with E-state index in [0.717, 1.165) is 0 Å². The zero-order valence-electron chi connectivity index (χ0n) is 6.12. The van der Waals surface area contributed by atoms with E-state index in [1.807, 2.05) is 0 Å². The van der Waals surface area contributed by atoms with Crippen molar-refractivity contribution in [2.24, 2.45) is 11.7 Å². The Hall–Kier alpha value is -0.580. The van der Waals surface area contributed by atoms with Gasteiger partial charge in [-0.25, -0.2) is 8.42 Å². The fourth-order valence-corrected chi connectivity index (χ4v) is 3.18. The molecule has 0 spiro atoms. The van der Waals surface area contributed by atoms with Gasteiger partial charge < -0.3 is 5.73 Å². The number of sulfone groups is 1. The van der Waals surface area contributed by atoms with E-state index < -0.39 is 15.7 Å². The number of primary amides is 1. The molecule has 0 aromatic rings. The predicted octanol–water partition coefficient (Wildman–Crippen LogP) is -0.704. The average Bonchev–Trinajstić information content (AvgIpc) is 2.08. The minimum Gasteiger partial charge on any atom is -0.370 e. The summed E-state index contributed by atoms with van der Waals surface area (Å²) >= 11 is 0. The van der Waals surface area contributed by atoms with Gasteiger partial charge in [-0.15, -0.1) is 0 Å². The fraction of sp³-hybridized carbons (Fsp3) is 0.833. The Morgan fingerprint density at radius 3 is 2.55 bits per heavy atom. The zero-order chi connectivity index (χ0) is 8.48. The quantitative estimate of drug-likeness (QED) is 0.605. The monoisotopic (exact) mass is 177 g/mol. The summed E-state index contributed by atoms with van der Waals surface area (Å²) in [5.74, 6) is -0.0921. The van der Waals surface area contributed by atoms with E-state index in [-0.39, 0.29) is 23.8 Å². The first-order chi connectivity index (χ1) is 4.99. The number of carbonyl (C=O) groups excluding carboxylic acids is 1. The molecular weight excluding hydrogens is 166 g/mol. The molecule has 1 heterocycles. The summed E-state index contributed by atoms with van der Waals surface area (Å²) in [7, 11) is -2.85. The van der Waals surface area contributed by atoms with Gasteiger partial charge in [0.25, 0.3) is 0 Å². The molecular formula is C6H11NO3S. The number of hydrogen-bond donors (Lipinski definition) is 1.